The van der Waals surface area contributed by atoms with Crippen LogP contribution in [-0.4, -0.2) is 19.4 Å². The van der Waals surface area contributed by atoms with Crippen molar-refractivity contribution in [3.05, 3.63) is 12.7 Å². The van der Waals surface area contributed by atoms with E-state index < -0.39 is 0 Å². The van der Waals surface area contributed by atoms with Gasteiger partial charge in [0.25, 0.3) is 0 Å². The topological polar surface area (TPSA) is 29.1 Å². The summed E-state index contributed by atoms with van der Waals surface area (Å²) in [6.07, 6.45) is 4.61. The molecule has 0 aromatic rings. The van der Waals surface area contributed by atoms with Crippen LogP contribution in [0.4, 0.5) is 0 Å². The van der Waals surface area contributed by atoms with Crippen LogP contribution in [-0.2, 0) is 4.79 Å². The van der Waals surface area contributed by atoms with Crippen molar-refractivity contribution in [1.29, 1.82) is 0 Å². The van der Waals surface area contributed by atoms with Gasteiger partial charge in [0.15, 0.2) is 0 Å². The van der Waals surface area contributed by atoms with E-state index in [1.165, 1.54) is 0 Å². The van der Waals surface area contributed by atoms with E-state index in [0.29, 0.717) is 0 Å². The Bertz CT molecular complexity index is 126. The van der Waals surface area contributed by atoms with Gasteiger partial charge in [-0.1, -0.05) is 6.08 Å². The van der Waals surface area contributed by atoms with Gasteiger partial charge in [-0.2, -0.15) is 0 Å². The van der Waals surface area contributed by atoms with Crippen molar-refractivity contribution in [3.8, 4) is 0 Å². The number of carbonyl (C=O) groups excluding carboxylic acids is 1. The molecule has 0 atom stereocenters. The first-order valence-corrected chi connectivity index (χ1v) is 3.64. The molecule has 0 aromatic heterocycles. The summed E-state index contributed by atoms with van der Waals surface area (Å²) in [4.78, 5) is 10.6. The van der Waals surface area contributed by atoms with E-state index in [0.717, 1.165) is 32.2 Å². The van der Waals surface area contributed by atoms with Crippen LogP contribution in [0, 0.1) is 5.41 Å². The van der Waals surface area contributed by atoms with Crippen LogP contribution in [0.2, 0.25) is 0 Å². The Kier molecular flexibility index (Phi) is 2.22. The van der Waals surface area contributed by atoms with Gasteiger partial charge in [0.2, 0.25) is 0 Å². The highest BCUT2D eigenvalue weighted by molar-refractivity contribution is 5.62. The zero-order valence-electron chi connectivity index (χ0n) is 6.10. The molecule has 0 saturated carbocycles. The number of aldehydes is 1. The lowest BCUT2D eigenvalue weighted by Crippen LogP contribution is -2.36. The Morgan fingerprint density at radius 2 is 2.00 bits per heavy atom. The smallest absolute Gasteiger partial charge is 0.129 e. The zero-order chi connectivity index (χ0) is 7.45. The number of hydrogen-bond donors (Lipinski definition) is 1. The largest absolute Gasteiger partial charge is 0.317 e. The molecule has 0 spiro atoms. The van der Waals surface area contributed by atoms with E-state index in [9.17, 15) is 4.79 Å². The standard InChI is InChI=1S/C8H13NO/c1-2-8(7-10)3-5-9-6-4-8/h2,7,9H,1,3-6H2. The third kappa shape index (κ3) is 1.27. The highest BCUT2D eigenvalue weighted by Gasteiger charge is 2.27. The predicted molar refractivity (Wildman–Crippen MR) is 40.8 cm³/mol. The second kappa shape index (κ2) is 2.97. The van der Waals surface area contributed by atoms with Crippen molar-refractivity contribution in [1.82, 2.24) is 5.32 Å². The molecule has 1 fully saturated rings. The van der Waals surface area contributed by atoms with E-state index in [-0.39, 0.29) is 5.41 Å². The lowest BCUT2D eigenvalue weighted by Gasteiger charge is -2.28. The fourth-order valence-corrected chi connectivity index (χ4v) is 1.26. The molecule has 0 unspecified atom stereocenters. The van der Waals surface area contributed by atoms with Crippen LogP contribution in [0.3, 0.4) is 0 Å². The molecule has 1 heterocycles. The molecule has 1 saturated heterocycles. The Hall–Kier alpha value is -0.630. The fraction of sp³-hybridized carbons (Fsp3) is 0.625. The molecular formula is C8H13NO. The van der Waals surface area contributed by atoms with Gasteiger partial charge in [-0.15, -0.1) is 6.58 Å². The molecule has 56 valence electrons. The van der Waals surface area contributed by atoms with E-state index in [1.54, 1.807) is 6.08 Å². The summed E-state index contributed by atoms with van der Waals surface area (Å²) >= 11 is 0. The summed E-state index contributed by atoms with van der Waals surface area (Å²) in [6.45, 7) is 5.54. The van der Waals surface area contributed by atoms with Crippen LogP contribution in [0.5, 0.6) is 0 Å². The Balaban J connectivity index is 2.60. The number of piperidine rings is 1. The van der Waals surface area contributed by atoms with Gasteiger partial charge >= 0.3 is 0 Å². The zero-order valence-corrected chi connectivity index (χ0v) is 6.10. The second-order valence-electron chi connectivity index (χ2n) is 2.81. The Labute approximate surface area is 61.3 Å². The van der Waals surface area contributed by atoms with Gasteiger partial charge < -0.3 is 10.1 Å². The second-order valence-corrected chi connectivity index (χ2v) is 2.81. The van der Waals surface area contributed by atoms with Gasteiger partial charge in [-0.3, -0.25) is 0 Å². The van der Waals surface area contributed by atoms with Crippen LogP contribution in [0.1, 0.15) is 12.8 Å². The maximum absolute atomic E-state index is 10.6. The van der Waals surface area contributed by atoms with E-state index in [2.05, 4.69) is 11.9 Å². The Morgan fingerprint density at radius 1 is 1.40 bits per heavy atom. The van der Waals surface area contributed by atoms with Crippen molar-refractivity contribution >= 4 is 6.29 Å². The monoisotopic (exact) mass is 139 g/mol. The third-order valence-electron chi connectivity index (χ3n) is 2.18. The van der Waals surface area contributed by atoms with Gasteiger partial charge in [0.1, 0.15) is 6.29 Å². The molecule has 0 aliphatic carbocycles. The van der Waals surface area contributed by atoms with Crippen molar-refractivity contribution < 1.29 is 4.79 Å². The highest BCUT2D eigenvalue weighted by Crippen LogP contribution is 2.26. The molecule has 1 aliphatic heterocycles. The van der Waals surface area contributed by atoms with Gasteiger partial charge in [-0.25, -0.2) is 0 Å². The van der Waals surface area contributed by atoms with Gasteiger partial charge in [0.05, 0.1) is 0 Å². The summed E-state index contributed by atoms with van der Waals surface area (Å²) in [5.74, 6) is 0. The maximum Gasteiger partial charge on any atom is 0.129 e. The molecule has 2 nitrogen and oxygen atoms in total. The van der Waals surface area contributed by atoms with Crippen molar-refractivity contribution in [3.63, 3.8) is 0 Å². The lowest BCUT2D eigenvalue weighted by atomic mass is 9.81. The average molecular weight is 139 g/mol. The minimum Gasteiger partial charge on any atom is -0.317 e. The lowest BCUT2D eigenvalue weighted by molar-refractivity contribution is -0.115. The summed E-state index contributed by atoms with van der Waals surface area (Å²) in [5.41, 5.74) is -0.217. The molecule has 2 heteroatoms. The van der Waals surface area contributed by atoms with Crippen molar-refractivity contribution in [2.24, 2.45) is 5.41 Å². The number of carbonyl (C=O) groups is 1. The molecule has 1 rings (SSSR count). The first-order chi connectivity index (χ1) is 4.83. The molecule has 0 amide bonds. The molecule has 0 bridgehead atoms. The normalized spacial score (nSPS) is 23.6. The fourth-order valence-electron chi connectivity index (χ4n) is 1.26. The number of hydrogen-bond acceptors (Lipinski definition) is 2. The first-order valence-electron chi connectivity index (χ1n) is 3.64. The van der Waals surface area contributed by atoms with E-state index in [4.69, 9.17) is 0 Å². The summed E-state index contributed by atoms with van der Waals surface area (Å²) < 4.78 is 0. The maximum atomic E-state index is 10.6. The SMILES string of the molecule is C=CC1(C=O)CCNCC1. The molecule has 0 radical (unpaired) electrons. The summed E-state index contributed by atoms with van der Waals surface area (Å²) in [6, 6.07) is 0. The van der Waals surface area contributed by atoms with Crippen LogP contribution < -0.4 is 5.32 Å². The van der Waals surface area contributed by atoms with E-state index in [1.807, 2.05) is 0 Å². The minimum absolute atomic E-state index is 0.217. The highest BCUT2D eigenvalue weighted by atomic mass is 16.1. The quantitative estimate of drug-likeness (QED) is 0.451. The number of rotatable bonds is 2. The number of allylic oxidation sites excluding steroid dienone is 1. The molecule has 10 heavy (non-hydrogen) atoms. The molecule has 1 aliphatic rings. The number of nitrogens with one attached hydrogen (secondary N) is 1. The molecular weight excluding hydrogens is 126 g/mol. The molecule has 1 N–H and O–H groups in total. The van der Waals surface area contributed by atoms with Crippen molar-refractivity contribution in [2.75, 3.05) is 13.1 Å². The first kappa shape index (κ1) is 7.48. The van der Waals surface area contributed by atoms with Gasteiger partial charge in [-0.05, 0) is 25.9 Å². The van der Waals surface area contributed by atoms with Crippen LogP contribution in [0.15, 0.2) is 12.7 Å². The minimum atomic E-state index is -0.217. The van der Waals surface area contributed by atoms with Crippen LogP contribution >= 0.6 is 0 Å². The summed E-state index contributed by atoms with van der Waals surface area (Å²) in [7, 11) is 0. The van der Waals surface area contributed by atoms with Gasteiger partial charge in [0, 0.05) is 5.41 Å². The van der Waals surface area contributed by atoms with Crippen molar-refractivity contribution in [2.45, 2.75) is 12.8 Å². The summed E-state index contributed by atoms with van der Waals surface area (Å²) in [5, 5.41) is 3.20. The Morgan fingerprint density at radius 3 is 2.30 bits per heavy atom. The predicted octanol–water partition coefficient (Wildman–Crippen LogP) is 0.741. The van der Waals surface area contributed by atoms with E-state index >= 15 is 0 Å². The third-order valence-corrected chi connectivity index (χ3v) is 2.18. The average Bonchev–Trinajstić information content (AvgIpc) is 2.06. The van der Waals surface area contributed by atoms with Crippen LogP contribution in [0.25, 0.3) is 0 Å². The molecule has 0 aromatic carbocycles.